The lowest BCUT2D eigenvalue weighted by Gasteiger charge is -2.31. The molecule has 0 aromatic heterocycles. The molecule has 7 heteroatoms. The summed E-state index contributed by atoms with van der Waals surface area (Å²) < 4.78 is 28.6. The van der Waals surface area contributed by atoms with E-state index in [-0.39, 0.29) is 29.8 Å². The minimum Gasteiger partial charge on any atom is -0.339 e. The molecule has 2 aromatic rings. The van der Waals surface area contributed by atoms with E-state index in [1.807, 2.05) is 56.3 Å². The van der Waals surface area contributed by atoms with Gasteiger partial charge >= 0.3 is 0 Å². The van der Waals surface area contributed by atoms with Gasteiger partial charge in [0.2, 0.25) is 15.9 Å². The summed E-state index contributed by atoms with van der Waals surface area (Å²) >= 11 is 0. The number of nitrogens with one attached hydrogen (secondary N) is 1. The molecule has 1 aliphatic rings. The Labute approximate surface area is 179 Å². The molecule has 1 amide bonds. The molecule has 1 atom stereocenters. The summed E-state index contributed by atoms with van der Waals surface area (Å²) in [5.41, 5.74) is 2.62. The van der Waals surface area contributed by atoms with Crippen molar-refractivity contribution in [2.24, 2.45) is 0 Å². The van der Waals surface area contributed by atoms with Crippen molar-refractivity contribution < 1.29 is 13.2 Å². The third-order valence-corrected chi connectivity index (χ3v) is 7.54. The highest BCUT2D eigenvalue weighted by molar-refractivity contribution is 7.89. The topological polar surface area (TPSA) is 69.7 Å². The quantitative estimate of drug-likeness (QED) is 0.734. The molecule has 0 bridgehead atoms. The minimum atomic E-state index is -3.82. The fourth-order valence-corrected chi connectivity index (χ4v) is 5.52. The number of sulfonamides is 1. The first-order valence-electron chi connectivity index (χ1n) is 10.4. The first-order valence-corrected chi connectivity index (χ1v) is 11.8. The number of benzene rings is 2. The van der Waals surface area contributed by atoms with Crippen molar-refractivity contribution in [3.8, 4) is 0 Å². The van der Waals surface area contributed by atoms with Gasteiger partial charge in [-0.15, -0.1) is 0 Å². The molecule has 30 heavy (non-hydrogen) atoms. The lowest BCUT2D eigenvalue weighted by atomic mass is 10.0. The Hall–Kier alpha value is -2.22. The van der Waals surface area contributed by atoms with Crippen molar-refractivity contribution in [1.29, 1.82) is 0 Å². The van der Waals surface area contributed by atoms with Crippen LogP contribution in [0.2, 0.25) is 0 Å². The van der Waals surface area contributed by atoms with Crippen LogP contribution in [-0.4, -0.2) is 62.8 Å². The Bertz CT molecular complexity index is 970. The average molecular weight is 430 g/mol. The fourth-order valence-electron chi connectivity index (χ4n) is 3.73. The van der Waals surface area contributed by atoms with Gasteiger partial charge in [-0.3, -0.25) is 4.79 Å². The lowest BCUT2D eigenvalue weighted by molar-refractivity contribution is -0.132. The van der Waals surface area contributed by atoms with Gasteiger partial charge in [0.25, 0.3) is 0 Å². The molecular weight excluding hydrogens is 398 g/mol. The molecule has 0 unspecified atom stereocenters. The van der Waals surface area contributed by atoms with E-state index in [0.717, 1.165) is 24.2 Å². The van der Waals surface area contributed by atoms with E-state index in [9.17, 15) is 13.2 Å². The number of amides is 1. The SMILES string of the molecule is Cc1ccc(C)c(S(=O)(=O)N(CC(=O)N2CCNCC2)C[C@@H](C)c2ccccc2)c1. The number of rotatable bonds is 7. The zero-order valence-electron chi connectivity index (χ0n) is 18.0. The van der Waals surface area contributed by atoms with Crippen LogP contribution < -0.4 is 5.32 Å². The van der Waals surface area contributed by atoms with E-state index in [0.29, 0.717) is 18.7 Å². The third-order valence-electron chi connectivity index (χ3n) is 5.59. The number of carbonyl (C=O) groups is 1. The molecule has 0 aliphatic carbocycles. The van der Waals surface area contributed by atoms with E-state index in [1.54, 1.807) is 17.9 Å². The normalized spacial score (nSPS) is 15.9. The summed E-state index contributed by atoms with van der Waals surface area (Å²) in [6.07, 6.45) is 0. The van der Waals surface area contributed by atoms with Crippen molar-refractivity contribution in [3.63, 3.8) is 0 Å². The van der Waals surface area contributed by atoms with Gasteiger partial charge in [0, 0.05) is 32.7 Å². The van der Waals surface area contributed by atoms with E-state index in [4.69, 9.17) is 0 Å². The van der Waals surface area contributed by atoms with Crippen LogP contribution in [0, 0.1) is 13.8 Å². The van der Waals surface area contributed by atoms with Gasteiger partial charge in [-0.1, -0.05) is 49.4 Å². The van der Waals surface area contributed by atoms with Gasteiger partial charge in [0.15, 0.2) is 0 Å². The predicted octanol–water partition coefficient (Wildman–Crippen LogP) is 2.53. The lowest BCUT2D eigenvalue weighted by Crippen LogP contribution is -2.50. The fraction of sp³-hybridized carbons (Fsp3) is 0.435. The zero-order valence-corrected chi connectivity index (χ0v) is 18.8. The molecule has 162 valence electrons. The van der Waals surface area contributed by atoms with Crippen molar-refractivity contribution in [2.75, 3.05) is 39.3 Å². The Balaban J connectivity index is 1.91. The van der Waals surface area contributed by atoms with Crippen molar-refractivity contribution in [2.45, 2.75) is 31.6 Å². The molecule has 2 aromatic carbocycles. The number of carbonyl (C=O) groups excluding carboxylic acids is 1. The molecule has 3 rings (SSSR count). The van der Waals surface area contributed by atoms with E-state index >= 15 is 0 Å². The highest BCUT2D eigenvalue weighted by atomic mass is 32.2. The summed E-state index contributed by atoms with van der Waals surface area (Å²) in [6, 6.07) is 15.2. The monoisotopic (exact) mass is 429 g/mol. The summed E-state index contributed by atoms with van der Waals surface area (Å²) in [5.74, 6) is -0.187. The first-order chi connectivity index (χ1) is 14.3. The number of hydrogen-bond donors (Lipinski definition) is 1. The van der Waals surface area contributed by atoms with Crippen molar-refractivity contribution >= 4 is 15.9 Å². The van der Waals surface area contributed by atoms with Crippen LogP contribution in [0.15, 0.2) is 53.4 Å². The van der Waals surface area contributed by atoms with Crippen LogP contribution in [-0.2, 0) is 14.8 Å². The standard InChI is InChI=1S/C23H31N3O3S/c1-18-9-10-19(2)22(15-18)30(28,29)26(16-20(3)21-7-5-4-6-8-21)17-23(27)25-13-11-24-12-14-25/h4-10,15,20,24H,11-14,16-17H2,1-3H3/t20-/m1/s1. The number of piperazine rings is 1. The molecule has 1 aliphatic heterocycles. The molecular formula is C23H31N3O3S. The smallest absolute Gasteiger partial charge is 0.243 e. The van der Waals surface area contributed by atoms with Gasteiger partial charge in [0.1, 0.15) is 0 Å². The third kappa shape index (κ3) is 5.28. The molecule has 1 saturated heterocycles. The molecule has 0 spiro atoms. The van der Waals surface area contributed by atoms with Gasteiger partial charge in [-0.2, -0.15) is 4.31 Å². The minimum absolute atomic E-state index is 0.0399. The van der Waals surface area contributed by atoms with Crippen molar-refractivity contribution in [3.05, 3.63) is 65.2 Å². The molecule has 6 nitrogen and oxygen atoms in total. The second kappa shape index (κ2) is 9.73. The van der Waals surface area contributed by atoms with E-state index in [2.05, 4.69) is 5.32 Å². The van der Waals surface area contributed by atoms with Gasteiger partial charge in [-0.05, 0) is 42.5 Å². The summed E-state index contributed by atoms with van der Waals surface area (Å²) in [4.78, 5) is 15.0. The first kappa shape index (κ1) is 22.5. The van der Waals surface area contributed by atoms with E-state index in [1.165, 1.54) is 4.31 Å². The Kier molecular flexibility index (Phi) is 7.28. The second-order valence-corrected chi connectivity index (χ2v) is 9.92. The second-order valence-electron chi connectivity index (χ2n) is 8.01. The van der Waals surface area contributed by atoms with Crippen LogP contribution in [0.25, 0.3) is 0 Å². The van der Waals surface area contributed by atoms with Gasteiger partial charge in [-0.25, -0.2) is 8.42 Å². The average Bonchev–Trinajstić information content (AvgIpc) is 2.76. The maximum atomic E-state index is 13.6. The number of aryl methyl sites for hydroxylation is 2. The van der Waals surface area contributed by atoms with Crippen LogP contribution in [0.3, 0.4) is 0 Å². The summed E-state index contributed by atoms with van der Waals surface area (Å²) in [7, 11) is -3.82. The van der Waals surface area contributed by atoms with E-state index < -0.39 is 10.0 Å². The van der Waals surface area contributed by atoms with Crippen LogP contribution in [0.4, 0.5) is 0 Å². The molecule has 0 saturated carbocycles. The number of nitrogens with zero attached hydrogens (tertiary/aromatic N) is 2. The number of hydrogen-bond acceptors (Lipinski definition) is 4. The largest absolute Gasteiger partial charge is 0.339 e. The molecule has 1 heterocycles. The highest BCUT2D eigenvalue weighted by Gasteiger charge is 2.31. The van der Waals surface area contributed by atoms with Crippen LogP contribution in [0.5, 0.6) is 0 Å². The Morgan fingerprint density at radius 1 is 1.10 bits per heavy atom. The molecule has 0 radical (unpaired) electrons. The molecule has 1 N–H and O–H groups in total. The van der Waals surface area contributed by atoms with Gasteiger partial charge in [0.05, 0.1) is 11.4 Å². The van der Waals surface area contributed by atoms with Crippen molar-refractivity contribution in [1.82, 2.24) is 14.5 Å². The maximum absolute atomic E-state index is 13.6. The van der Waals surface area contributed by atoms with Crippen LogP contribution >= 0.6 is 0 Å². The Morgan fingerprint density at radius 2 is 1.77 bits per heavy atom. The highest BCUT2D eigenvalue weighted by Crippen LogP contribution is 2.25. The maximum Gasteiger partial charge on any atom is 0.243 e. The molecule has 1 fully saturated rings. The predicted molar refractivity (Wildman–Crippen MR) is 119 cm³/mol. The van der Waals surface area contributed by atoms with Crippen LogP contribution in [0.1, 0.15) is 29.5 Å². The zero-order chi connectivity index (χ0) is 21.7. The van der Waals surface area contributed by atoms with Gasteiger partial charge < -0.3 is 10.2 Å². The summed E-state index contributed by atoms with van der Waals surface area (Å²) in [5, 5.41) is 3.22. The summed E-state index contributed by atoms with van der Waals surface area (Å²) in [6.45, 7) is 8.44. The Morgan fingerprint density at radius 3 is 2.43 bits per heavy atom.